The quantitative estimate of drug-likeness (QED) is 0.132. The molecule has 0 fully saturated rings. The summed E-state index contributed by atoms with van der Waals surface area (Å²) in [5.41, 5.74) is 7.94. The molecule has 0 aliphatic carbocycles. The van der Waals surface area contributed by atoms with E-state index in [1.807, 2.05) is 38.1 Å². The molecule has 1 aromatic heterocycles. The van der Waals surface area contributed by atoms with Crippen LogP contribution in [0.2, 0.25) is 0 Å². The summed E-state index contributed by atoms with van der Waals surface area (Å²) >= 11 is 4.04. The van der Waals surface area contributed by atoms with Crippen molar-refractivity contribution < 1.29 is 29.4 Å². The van der Waals surface area contributed by atoms with Crippen molar-refractivity contribution in [1.82, 2.24) is 20.9 Å². The molecule has 12 heteroatoms. The number of benzene rings is 2. The van der Waals surface area contributed by atoms with Crippen molar-refractivity contribution in [2.45, 2.75) is 57.3 Å². The number of aromatic hydroxyl groups is 1. The number of carboxylic acids is 1. The maximum absolute atomic E-state index is 13.5. The topological polar surface area (TPSA) is 187 Å². The van der Waals surface area contributed by atoms with Gasteiger partial charge in [0.25, 0.3) is 0 Å². The number of carboxylic acid groups (broad SMARTS) is 1. The number of thiol groups is 1. The van der Waals surface area contributed by atoms with E-state index in [1.54, 1.807) is 18.3 Å². The number of amides is 3. The lowest BCUT2D eigenvalue weighted by Crippen LogP contribution is -2.58. The first-order chi connectivity index (χ1) is 19.5. The molecule has 3 rings (SSSR count). The number of aliphatic carboxylic acids is 1. The number of rotatable bonds is 14. The van der Waals surface area contributed by atoms with Gasteiger partial charge in [-0.05, 0) is 41.7 Å². The van der Waals surface area contributed by atoms with Gasteiger partial charge >= 0.3 is 5.97 Å². The molecule has 2 aromatic carbocycles. The fourth-order valence-electron chi connectivity index (χ4n) is 4.41. The number of para-hydroxylation sites is 1. The third-order valence-corrected chi connectivity index (χ3v) is 6.99. The Kier molecular flexibility index (Phi) is 11.2. The fraction of sp³-hybridized carbons (Fsp3) is 0.379. The standard InChI is InChI=1S/C29H37N5O6S/c1-16(2)11-23(32-26(36)21(30)15-41)27(37)33-24(12-17-7-9-19(35)10-8-17)28(38)34-25(29(39)40)13-18-14-31-22-6-4-3-5-20(18)22/h3-10,14,16,21,23-25,31,35,41H,11-13,15,30H2,1-2H3,(H,32,36)(H,33,37)(H,34,38)(H,39,40). The number of nitrogens with one attached hydrogen (secondary N) is 4. The average Bonchev–Trinajstić information content (AvgIpc) is 3.34. The maximum Gasteiger partial charge on any atom is 0.326 e. The Balaban J connectivity index is 1.83. The largest absolute Gasteiger partial charge is 0.508 e. The van der Waals surface area contributed by atoms with E-state index >= 15 is 0 Å². The van der Waals surface area contributed by atoms with Crippen LogP contribution in [0.5, 0.6) is 5.75 Å². The summed E-state index contributed by atoms with van der Waals surface area (Å²) in [4.78, 5) is 54.6. The van der Waals surface area contributed by atoms with Gasteiger partial charge in [0.15, 0.2) is 0 Å². The van der Waals surface area contributed by atoms with Gasteiger partial charge in [-0.15, -0.1) is 0 Å². The van der Waals surface area contributed by atoms with Crippen LogP contribution in [0.25, 0.3) is 10.9 Å². The molecule has 1 heterocycles. The monoisotopic (exact) mass is 583 g/mol. The van der Waals surface area contributed by atoms with Crippen molar-refractivity contribution in [3.05, 3.63) is 65.9 Å². The van der Waals surface area contributed by atoms with E-state index in [0.717, 1.165) is 10.9 Å². The Morgan fingerprint density at radius 3 is 2.12 bits per heavy atom. The number of hydrogen-bond donors (Lipinski definition) is 8. The Morgan fingerprint density at radius 2 is 1.49 bits per heavy atom. The normalized spacial score (nSPS) is 14.2. The van der Waals surface area contributed by atoms with E-state index in [0.29, 0.717) is 11.1 Å². The van der Waals surface area contributed by atoms with Crippen molar-refractivity contribution in [3.8, 4) is 5.75 Å². The average molecular weight is 584 g/mol. The smallest absolute Gasteiger partial charge is 0.326 e. The van der Waals surface area contributed by atoms with Crippen molar-refractivity contribution in [2.24, 2.45) is 11.7 Å². The molecule has 0 saturated carbocycles. The van der Waals surface area contributed by atoms with Gasteiger partial charge in [-0.25, -0.2) is 4.79 Å². The van der Waals surface area contributed by atoms with Gasteiger partial charge in [0, 0.05) is 35.7 Å². The number of hydrogen-bond acceptors (Lipinski definition) is 7. The van der Waals surface area contributed by atoms with Gasteiger partial charge in [0.1, 0.15) is 23.9 Å². The van der Waals surface area contributed by atoms with E-state index in [9.17, 15) is 29.4 Å². The first kappa shape index (κ1) is 31.5. The third kappa shape index (κ3) is 8.98. The molecule has 220 valence electrons. The lowest BCUT2D eigenvalue weighted by atomic mass is 10.00. The fourth-order valence-corrected chi connectivity index (χ4v) is 4.57. The second kappa shape index (κ2) is 14.6. The highest BCUT2D eigenvalue weighted by Gasteiger charge is 2.31. The minimum atomic E-state index is -1.28. The lowest BCUT2D eigenvalue weighted by Gasteiger charge is -2.26. The van der Waals surface area contributed by atoms with Crippen LogP contribution >= 0.6 is 12.6 Å². The molecule has 0 aliphatic rings. The van der Waals surface area contributed by atoms with Crippen LogP contribution < -0.4 is 21.7 Å². The summed E-state index contributed by atoms with van der Waals surface area (Å²) in [6, 6.07) is 9.16. The summed E-state index contributed by atoms with van der Waals surface area (Å²) in [7, 11) is 0. The Bertz CT molecular complexity index is 1360. The maximum atomic E-state index is 13.5. The Hall–Kier alpha value is -4.03. The van der Waals surface area contributed by atoms with Crippen molar-refractivity contribution >= 4 is 47.2 Å². The molecule has 4 atom stereocenters. The van der Waals surface area contributed by atoms with Gasteiger partial charge in [-0.3, -0.25) is 14.4 Å². The Labute approximate surface area is 243 Å². The molecular weight excluding hydrogens is 546 g/mol. The summed E-state index contributed by atoms with van der Waals surface area (Å²) in [5.74, 6) is -2.96. The van der Waals surface area contributed by atoms with Crippen LogP contribution in [0.3, 0.4) is 0 Å². The van der Waals surface area contributed by atoms with Crippen LogP contribution in [0.15, 0.2) is 54.7 Å². The van der Waals surface area contributed by atoms with Crippen LogP contribution in [0.4, 0.5) is 0 Å². The number of carbonyl (C=O) groups is 4. The van der Waals surface area contributed by atoms with Crippen LogP contribution in [-0.4, -0.2) is 68.8 Å². The van der Waals surface area contributed by atoms with Crippen molar-refractivity contribution in [1.29, 1.82) is 0 Å². The molecule has 0 saturated heterocycles. The number of aromatic nitrogens is 1. The number of phenolic OH excluding ortho intramolecular Hbond substituents is 1. The molecule has 0 bridgehead atoms. The number of phenols is 1. The summed E-state index contributed by atoms with van der Waals surface area (Å²) in [5, 5.41) is 28.3. The van der Waals surface area contributed by atoms with Gasteiger partial charge in [0.05, 0.1) is 6.04 Å². The minimum Gasteiger partial charge on any atom is -0.508 e. The van der Waals surface area contributed by atoms with E-state index in [1.165, 1.54) is 12.1 Å². The molecule has 0 radical (unpaired) electrons. The summed E-state index contributed by atoms with van der Waals surface area (Å²) < 4.78 is 0. The van der Waals surface area contributed by atoms with Crippen LogP contribution in [0, 0.1) is 5.92 Å². The second-order valence-electron chi connectivity index (χ2n) is 10.4. The molecular formula is C29H37N5O6S. The highest BCUT2D eigenvalue weighted by atomic mass is 32.1. The second-order valence-corrected chi connectivity index (χ2v) is 10.7. The molecule has 3 aromatic rings. The number of H-pyrrole nitrogens is 1. The molecule has 4 unspecified atom stereocenters. The molecule has 8 N–H and O–H groups in total. The van der Waals surface area contributed by atoms with Crippen LogP contribution in [0.1, 0.15) is 31.4 Å². The zero-order chi connectivity index (χ0) is 30.1. The zero-order valence-electron chi connectivity index (χ0n) is 23.0. The van der Waals surface area contributed by atoms with Crippen LogP contribution in [-0.2, 0) is 32.0 Å². The SMILES string of the molecule is CC(C)CC(NC(=O)C(N)CS)C(=O)NC(Cc1ccc(O)cc1)C(=O)NC(Cc1c[nH]c2ccccc12)C(=O)O. The van der Waals surface area contributed by atoms with Crippen molar-refractivity contribution in [2.75, 3.05) is 5.75 Å². The van der Waals surface area contributed by atoms with Gasteiger partial charge in [0.2, 0.25) is 17.7 Å². The first-order valence-corrected chi connectivity index (χ1v) is 13.9. The molecule has 3 amide bonds. The third-order valence-electron chi connectivity index (χ3n) is 6.60. The first-order valence-electron chi connectivity index (χ1n) is 13.3. The highest BCUT2D eigenvalue weighted by Crippen LogP contribution is 2.19. The molecule has 11 nitrogen and oxygen atoms in total. The molecule has 0 spiro atoms. The van der Waals surface area contributed by atoms with E-state index in [2.05, 4.69) is 33.6 Å². The highest BCUT2D eigenvalue weighted by molar-refractivity contribution is 7.80. The number of nitrogens with two attached hydrogens (primary N) is 1. The number of fused-ring (bicyclic) bond motifs is 1. The van der Waals surface area contributed by atoms with E-state index in [-0.39, 0.29) is 36.7 Å². The van der Waals surface area contributed by atoms with Gasteiger partial charge < -0.3 is 36.9 Å². The summed E-state index contributed by atoms with van der Waals surface area (Å²) in [6.45, 7) is 3.77. The minimum absolute atomic E-state index is 0.00970. The van der Waals surface area contributed by atoms with E-state index in [4.69, 9.17) is 5.73 Å². The van der Waals surface area contributed by atoms with Crippen molar-refractivity contribution in [3.63, 3.8) is 0 Å². The zero-order valence-corrected chi connectivity index (χ0v) is 23.9. The van der Waals surface area contributed by atoms with Gasteiger partial charge in [-0.2, -0.15) is 12.6 Å². The number of aromatic amines is 1. The molecule has 0 aliphatic heterocycles. The summed E-state index contributed by atoms with van der Waals surface area (Å²) in [6.07, 6.45) is 2.01. The van der Waals surface area contributed by atoms with E-state index < -0.39 is 47.9 Å². The lowest BCUT2D eigenvalue weighted by molar-refractivity contribution is -0.142. The molecule has 41 heavy (non-hydrogen) atoms. The predicted molar refractivity (Wildman–Crippen MR) is 159 cm³/mol. The Morgan fingerprint density at radius 1 is 0.878 bits per heavy atom. The number of carbonyl (C=O) groups excluding carboxylic acids is 3. The van der Waals surface area contributed by atoms with Gasteiger partial charge in [-0.1, -0.05) is 44.2 Å². The predicted octanol–water partition coefficient (Wildman–Crippen LogP) is 1.50.